The monoisotopic (exact) mass is 272 g/mol. The maximum absolute atomic E-state index is 5.69. The van der Waals surface area contributed by atoms with Gasteiger partial charge in [0.15, 0.2) is 0 Å². The van der Waals surface area contributed by atoms with E-state index in [9.17, 15) is 0 Å². The Bertz CT molecular complexity index is 587. The van der Waals surface area contributed by atoms with Gasteiger partial charge in [0.25, 0.3) is 0 Å². The van der Waals surface area contributed by atoms with Crippen molar-refractivity contribution >= 4 is 5.52 Å². The molecule has 0 radical (unpaired) electrons. The number of aromatic nitrogens is 2. The zero-order valence-corrected chi connectivity index (χ0v) is 12.4. The molecular weight excluding hydrogens is 248 g/mol. The largest absolute Gasteiger partial charge is 0.326 e. The maximum Gasteiger partial charge on any atom is 0.114 e. The van der Waals surface area contributed by atoms with Crippen molar-refractivity contribution in [3.05, 3.63) is 35.9 Å². The van der Waals surface area contributed by atoms with Gasteiger partial charge < -0.3 is 10.1 Å². The summed E-state index contributed by atoms with van der Waals surface area (Å²) in [5, 5.41) is 0. The molecule has 1 unspecified atom stereocenters. The summed E-state index contributed by atoms with van der Waals surface area (Å²) < 4.78 is 2.20. The van der Waals surface area contributed by atoms with Gasteiger partial charge >= 0.3 is 0 Å². The van der Waals surface area contributed by atoms with Gasteiger partial charge in [-0.05, 0) is 50.9 Å². The summed E-state index contributed by atoms with van der Waals surface area (Å²) in [6.07, 6.45) is 7.70. The van der Waals surface area contributed by atoms with Crippen molar-refractivity contribution in [2.45, 2.75) is 51.7 Å². The minimum absolute atomic E-state index is 0.584. The fourth-order valence-corrected chi connectivity index (χ4v) is 3.35. The molecule has 0 amide bonds. The molecule has 0 aromatic carbocycles. The molecule has 0 saturated carbocycles. The average Bonchev–Trinajstić information content (AvgIpc) is 3.06. The van der Waals surface area contributed by atoms with Crippen LogP contribution in [0.2, 0.25) is 0 Å². The minimum atomic E-state index is 0.584. The molecule has 1 aliphatic heterocycles. The van der Waals surface area contributed by atoms with E-state index in [1.807, 2.05) is 6.20 Å². The van der Waals surface area contributed by atoms with E-state index in [2.05, 4.69) is 46.5 Å². The molecule has 3 rings (SSSR count). The van der Waals surface area contributed by atoms with Crippen LogP contribution in [0, 0.1) is 0 Å². The summed E-state index contributed by atoms with van der Waals surface area (Å²) >= 11 is 0. The second-order valence-electron chi connectivity index (χ2n) is 6.04. The molecule has 0 spiro atoms. The topological polar surface area (TPSA) is 46.6 Å². The Balaban J connectivity index is 1.84. The van der Waals surface area contributed by atoms with Gasteiger partial charge in [-0.25, -0.2) is 4.98 Å². The van der Waals surface area contributed by atoms with Crippen LogP contribution < -0.4 is 5.73 Å². The zero-order chi connectivity index (χ0) is 14.1. The van der Waals surface area contributed by atoms with Crippen molar-refractivity contribution in [2.75, 3.05) is 6.54 Å². The predicted molar refractivity (Wildman–Crippen MR) is 81.7 cm³/mol. The van der Waals surface area contributed by atoms with Crippen LogP contribution in [0.5, 0.6) is 0 Å². The SMILES string of the molecule is CC(C)N1CCCC1Cc1ncc2cc(CN)ccn12. The number of nitrogens with two attached hydrogens (primary N) is 1. The Hall–Kier alpha value is -1.39. The van der Waals surface area contributed by atoms with Crippen molar-refractivity contribution in [1.82, 2.24) is 14.3 Å². The molecule has 20 heavy (non-hydrogen) atoms. The van der Waals surface area contributed by atoms with Gasteiger partial charge in [0, 0.05) is 31.2 Å². The second-order valence-corrected chi connectivity index (χ2v) is 6.04. The summed E-state index contributed by atoms with van der Waals surface area (Å²) in [6.45, 7) is 6.38. The van der Waals surface area contributed by atoms with Crippen LogP contribution in [0.1, 0.15) is 38.1 Å². The zero-order valence-electron chi connectivity index (χ0n) is 12.4. The highest BCUT2D eigenvalue weighted by molar-refractivity contribution is 5.48. The molecule has 1 saturated heterocycles. The standard InChI is InChI=1S/C16H24N4/c1-12(2)19-6-3-4-14(19)9-16-18-11-15-8-13(10-17)5-7-20(15)16/h5,7-8,11-12,14H,3-4,6,9-10,17H2,1-2H3. The molecular formula is C16H24N4. The Morgan fingerprint density at radius 2 is 2.30 bits per heavy atom. The number of pyridine rings is 1. The molecule has 1 atom stereocenters. The number of hydrogen-bond acceptors (Lipinski definition) is 3. The van der Waals surface area contributed by atoms with Crippen molar-refractivity contribution < 1.29 is 0 Å². The van der Waals surface area contributed by atoms with Crippen LogP contribution in [-0.4, -0.2) is 32.9 Å². The summed E-state index contributed by atoms with van der Waals surface area (Å²) in [5.74, 6) is 1.17. The molecule has 3 heterocycles. The highest BCUT2D eigenvalue weighted by Crippen LogP contribution is 2.23. The van der Waals surface area contributed by atoms with Crippen LogP contribution >= 0.6 is 0 Å². The maximum atomic E-state index is 5.69. The van der Waals surface area contributed by atoms with Gasteiger partial charge in [-0.15, -0.1) is 0 Å². The molecule has 2 aromatic rings. The van der Waals surface area contributed by atoms with Gasteiger partial charge in [0.2, 0.25) is 0 Å². The Morgan fingerprint density at radius 1 is 1.45 bits per heavy atom. The van der Waals surface area contributed by atoms with Crippen LogP contribution in [0.4, 0.5) is 0 Å². The molecule has 4 nitrogen and oxygen atoms in total. The van der Waals surface area contributed by atoms with E-state index in [4.69, 9.17) is 5.73 Å². The van der Waals surface area contributed by atoms with Crippen molar-refractivity contribution in [3.63, 3.8) is 0 Å². The van der Waals surface area contributed by atoms with Crippen LogP contribution in [0.25, 0.3) is 5.52 Å². The summed E-state index contributed by atoms with van der Waals surface area (Å²) in [5.41, 5.74) is 8.01. The lowest BCUT2D eigenvalue weighted by atomic mass is 10.1. The number of hydrogen-bond donors (Lipinski definition) is 1. The van der Waals surface area contributed by atoms with Crippen molar-refractivity contribution in [2.24, 2.45) is 5.73 Å². The first-order valence-electron chi connectivity index (χ1n) is 7.59. The van der Waals surface area contributed by atoms with Gasteiger partial charge in [-0.3, -0.25) is 4.90 Å². The van der Waals surface area contributed by atoms with Crippen molar-refractivity contribution in [1.29, 1.82) is 0 Å². The quantitative estimate of drug-likeness (QED) is 0.928. The molecule has 108 valence electrons. The molecule has 1 fully saturated rings. The lowest BCUT2D eigenvalue weighted by Gasteiger charge is -2.27. The molecule has 2 N–H and O–H groups in total. The highest BCUT2D eigenvalue weighted by atomic mass is 15.2. The third kappa shape index (κ3) is 2.45. The van der Waals surface area contributed by atoms with E-state index in [0.717, 1.165) is 17.5 Å². The van der Waals surface area contributed by atoms with Crippen LogP contribution in [0.15, 0.2) is 24.5 Å². The number of nitrogens with zero attached hydrogens (tertiary/aromatic N) is 3. The smallest absolute Gasteiger partial charge is 0.114 e. The minimum Gasteiger partial charge on any atom is -0.326 e. The normalized spacial score (nSPS) is 20.3. The molecule has 1 aliphatic rings. The van der Waals surface area contributed by atoms with E-state index in [0.29, 0.717) is 18.6 Å². The van der Waals surface area contributed by atoms with E-state index < -0.39 is 0 Å². The molecule has 2 aromatic heterocycles. The van der Waals surface area contributed by atoms with Crippen molar-refractivity contribution in [3.8, 4) is 0 Å². The average molecular weight is 272 g/mol. The van der Waals surface area contributed by atoms with Gasteiger partial charge in [0.1, 0.15) is 5.82 Å². The van der Waals surface area contributed by atoms with E-state index in [1.54, 1.807) is 0 Å². The number of imidazole rings is 1. The summed E-state index contributed by atoms with van der Waals surface area (Å²) in [4.78, 5) is 7.23. The number of rotatable bonds is 4. The van der Waals surface area contributed by atoms with E-state index >= 15 is 0 Å². The Kier molecular flexibility index (Phi) is 3.76. The number of fused-ring (bicyclic) bond motifs is 1. The second kappa shape index (κ2) is 5.54. The lowest BCUT2D eigenvalue weighted by Crippen LogP contribution is -2.37. The first-order chi connectivity index (χ1) is 9.69. The molecule has 0 bridgehead atoms. The van der Waals surface area contributed by atoms with Gasteiger partial charge in [-0.1, -0.05) is 0 Å². The fourth-order valence-electron chi connectivity index (χ4n) is 3.35. The Labute approximate surface area is 120 Å². The van der Waals surface area contributed by atoms with Crippen LogP contribution in [-0.2, 0) is 13.0 Å². The van der Waals surface area contributed by atoms with Crippen LogP contribution in [0.3, 0.4) is 0 Å². The van der Waals surface area contributed by atoms with E-state index in [1.165, 1.54) is 25.2 Å². The number of likely N-dealkylation sites (tertiary alicyclic amines) is 1. The van der Waals surface area contributed by atoms with Gasteiger partial charge in [0.05, 0.1) is 11.7 Å². The Morgan fingerprint density at radius 3 is 3.05 bits per heavy atom. The highest BCUT2D eigenvalue weighted by Gasteiger charge is 2.27. The third-order valence-corrected chi connectivity index (χ3v) is 4.41. The fraction of sp³-hybridized carbons (Fsp3) is 0.562. The predicted octanol–water partition coefficient (Wildman–Crippen LogP) is 2.21. The summed E-state index contributed by atoms with van der Waals surface area (Å²) in [7, 11) is 0. The first kappa shape index (κ1) is 13.6. The summed E-state index contributed by atoms with van der Waals surface area (Å²) in [6, 6.07) is 5.48. The van der Waals surface area contributed by atoms with Gasteiger partial charge in [-0.2, -0.15) is 0 Å². The first-order valence-corrected chi connectivity index (χ1v) is 7.59. The van der Waals surface area contributed by atoms with E-state index in [-0.39, 0.29) is 0 Å². The molecule has 0 aliphatic carbocycles. The molecule has 4 heteroatoms. The lowest BCUT2D eigenvalue weighted by molar-refractivity contribution is 0.201. The third-order valence-electron chi connectivity index (χ3n) is 4.41.